The molecule has 24 heavy (non-hydrogen) atoms. The highest BCUT2D eigenvalue weighted by Gasteiger charge is 2.21. The zero-order valence-corrected chi connectivity index (χ0v) is 13.8. The molecule has 0 aliphatic rings. The van der Waals surface area contributed by atoms with E-state index in [1.807, 2.05) is 13.8 Å². The van der Waals surface area contributed by atoms with Crippen LogP contribution in [0.1, 0.15) is 37.2 Å². The van der Waals surface area contributed by atoms with Crippen LogP contribution in [0.5, 0.6) is 0 Å². The lowest BCUT2D eigenvalue weighted by molar-refractivity contribution is 0.0935. The van der Waals surface area contributed by atoms with E-state index in [1.54, 1.807) is 0 Å². The molecule has 0 unspecified atom stereocenters. The molecule has 7 heteroatoms. The van der Waals surface area contributed by atoms with E-state index in [9.17, 15) is 14.0 Å². The molecule has 1 amide bonds. The number of halogens is 1. The van der Waals surface area contributed by atoms with Crippen molar-refractivity contribution >= 4 is 5.91 Å². The monoisotopic (exact) mass is 332 g/mol. The zero-order valence-electron chi connectivity index (χ0n) is 13.8. The Labute approximate surface area is 139 Å². The van der Waals surface area contributed by atoms with Crippen LogP contribution in [0.2, 0.25) is 0 Å². The molecule has 1 aromatic carbocycles. The fraction of sp³-hybridized carbons (Fsp3) is 0.353. The lowest BCUT2D eigenvalue weighted by atomic mass is 9.94. The average molecular weight is 332 g/mol. The van der Waals surface area contributed by atoms with E-state index in [1.165, 1.54) is 36.4 Å². The van der Waals surface area contributed by atoms with E-state index in [0.717, 1.165) is 17.5 Å². The second-order valence-electron chi connectivity index (χ2n) is 5.70. The smallest absolute Gasteiger partial charge is 0.271 e. The van der Waals surface area contributed by atoms with Gasteiger partial charge in [0.2, 0.25) is 0 Å². The summed E-state index contributed by atoms with van der Waals surface area (Å²) in [5.74, 6) is -0.832. The second-order valence-corrected chi connectivity index (χ2v) is 5.70. The molecule has 0 aliphatic carbocycles. The van der Waals surface area contributed by atoms with E-state index in [-0.39, 0.29) is 5.69 Å². The topological polar surface area (TPSA) is 90.0 Å². The van der Waals surface area contributed by atoms with E-state index in [2.05, 4.69) is 10.4 Å². The summed E-state index contributed by atoms with van der Waals surface area (Å²) >= 11 is 0. The van der Waals surface area contributed by atoms with Gasteiger partial charge in [-0.25, -0.2) is 4.39 Å². The van der Waals surface area contributed by atoms with Crippen LogP contribution < -0.4 is 16.6 Å². The van der Waals surface area contributed by atoms with Crippen LogP contribution in [0, 0.1) is 5.82 Å². The summed E-state index contributed by atoms with van der Waals surface area (Å²) in [5, 5.41) is 6.80. The van der Waals surface area contributed by atoms with Crippen LogP contribution in [0.4, 0.5) is 4.39 Å². The van der Waals surface area contributed by atoms with Gasteiger partial charge in [-0.05, 0) is 43.2 Å². The number of carbonyl (C=O) groups is 1. The van der Waals surface area contributed by atoms with Crippen molar-refractivity contribution in [3.63, 3.8) is 0 Å². The van der Waals surface area contributed by atoms with Crippen LogP contribution in [-0.4, -0.2) is 27.8 Å². The molecule has 0 fully saturated rings. The molecule has 2 rings (SSSR count). The molecular weight excluding hydrogens is 311 g/mol. The van der Waals surface area contributed by atoms with Crippen LogP contribution in [0.15, 0.2) is 41.2 Å². The maximum atomic E-state index is 13.0. The standard InChI is InChI=1S/C17H21FN4O2/c1-3-17(19,4-2)11-20-16(24)14-9-10-15(23)22(21-14)13-7-5-12(18)6-8-13/h5-10H,3-4,11,19H2,1-2H3,(H,20,24). The molecule has 0 bridgehead atoms. The molecule has 0 saturated carbocycles. The Balaban J connectivity index is 2.23. The van der Waals surface area contributed by atoms with Gasteiger partial charge in [0, 0.05) is 18.2 Å². The van der Waals surface area contributed by atoms with E-state index in [4.69, 9.17) is 5.73 Å². The number of rotatable bonds is 6. The summed E-state index contributed by atoms with van der Waals surface area (Å²) in [6, 6.07) is 7.90. The van der Waals surface area contributed by atoms with Gasteiger partial charge in [-0.15, -0.1) is 0 Å². The molecule has 0 aliphatic heterocycles. The third-order valence-corrected chi connectivity index (χ3v) is 4.11. The van der Waals surface area contributed by atoms with Gasteiger partial charge in [-0.3, -0.25) is 9.59 Å². The van der Waals surface area contributed by atoms with Crippen LogP contribution >= 0.6 is 0 Å². The molecule has 0 radical (unpaired) electrons. The maximum Gasteiger partial charge on any atom is 0.271 e. The Morgan fingerprint density at radius 3 is 2.42 bits per heavy atom. The molecule has 3 N–H and O–H groups in total. The first-order valence-electron chi connectivity index (χ1n) is 7.82. The number of amides is 1. The van der Waals surface area contributed by atoms with Gasteiger partial charge in [-0.2, -0.15) is 9.78 Å². The minimum atomic E-state index is -0.471. The van der Waals surface area contributed by atoms with Crippen molar-refractivity contribution in [2.45, 2.75) is 32.2 Å². The summed E-state index contributed by atoms with van der Waals surface area (Å²) in [4.78, 5) is 24.2. The molecule has 0 spiro atoms. The molecule has 0 atom stereocenters. The average Bonchev–Trinajstić information content (AvgIpc) is 2.60. The van der Waals surface area contributed by atoms with Crippen molar-refractivity contribution in [1.82, 2.24) is 15.1 Å². The molecule has 1 aromatic heterocycles. The SMILES string of the molecule is CCC(N)(CC)CNC(=O)c1ccc(=O)n(-c2ccc(F)cc2)n1. The highest BCUT2D eigenvalue weighted by molar-refractivity contribution is 5.92. The van der Waals surface area contributed by atoms with Crippen molar-refractivity contribution in [3.05, 3.63) is 58.3 Å². The third-order valence-electron chi connectivity index (χ3n) is 4.11. The summed E-state index contributed by atoms with van der Waals surface area (Å²) in [6.07, 6.45) is 1.46. The highest BCUT2D eigenvalue weighted by atomic mass is 19.1. The first-order chi connectivity index (χ1) is 11.4. The number of nitrogens with two attached hydrogens (primary N) is 1. The Bertz CT molecular complexity index is 767. The second kappa shape index (κ2) is 7.35. The Kier molecular flexibility index (Phi) is 5.46. The van der Waals surface area contributed by atoms with Gasteiger partial charge in [0.15, 0.2) is 0 Å². The predicted octanol–water partition coefficient (Wildman–Crippen LogP) is 1.62. The summed E-state index contributed by atoms with van der Waals surface area (Å²) in [7, 11) is 0. The zero-order chi connectivity index (χ0) is 17.7. The summed E-state index contributed by atoms with van der Waals surface area (Å²) in [5.41, 5.74) is 5.75. The van der Waals surface area contributed by atoms with Crippen molar-refractivity contribution in [1.29, 1.82) is 0 Å². The normalized spacial score (nSPS) is 11.3. The number of hydrogen-bond acceptors (Lipinski definition) is 4. The fourth-order valence-corrected chi connectivity index (χ4v) is 2.15. The van der Waals surface area contributed by atoms with Gasteiger partial charge in [0.1, 0.15) is 11.5 Å². The number of aromatic nitrogens is 2. The first-order valence-corrected chi connectivity index (χ1v) is 7.82. The molecule has 0 saturated heterocycles. The Morgan fingerprint density at radius 1 is 1.21 bits per heavy atom. The van der Waals surface area contributed by atoms with E-state index in [0.29, 0.717) is 12.2 Å². The van der Waals surface area contributed by atoms with Crippen molar-refractivity contribution in [3.8, 4) is 5.69 Å². The molecular formula is C17H21FN4O2. The highest BCUT2D eigenvalue weighted by Crippen LogP contribution is 2.10. The minimum Gasteiger partial charge on any atom is -0.349 e. The number of nitrogens with zero attached hydrogens (tertiary/aromatic N) is 2. The number of nitrogens with one attached hydrogen (secondary N) is 1. The van der Waals surface area contributed by atoms with Crippen molar-refractivity contribution in [2.24, 2.45) is 5.73 Å². The largest absolute Gasteiger partial charge is 0.349 e. The van der Waals surface area contributed by atoms with Gasteiger partial charge in [-0.1, -0.05) is 13.8 Å². The van der Waals surface area contributed by atoms with E-state index < -0.39 is 22.8 Å². The quantitative estimate of drug-likeness (QED) is 0.841. The molecule has 128 valence electrons. The number of benzene rings is 1. The maximum absolute atomic E-state index is 13.0. The van der Waals surface area contributed by atoms with Crippen LogP contribution in [0.25, 0.3) is 5.69 Å². The molecule has 1 heterocycles. The minimum absolute atomic E-state index is 0.0912. The van der Waals surface area contributed by atoms with Crippen LogP contribution in [-0.2, 0) is 0 Å². The van der Waals surface area contributed by atoms with Gasteiger partial charge >= 0.3 is 0 Å². The van der Waals surface area contributed by atoms with Crippen molar-refractivity contribution in [2.75, 3.05) is 6.54 Å². The third kappa shape index (κ3) is 4.05. The van der Waals surface area contributed by atoms with Gasteiger partial charge < -0.3 is 11.1 Å². The van der Waals surface area contributed by atoms with Gasteiger partial charge in [0.05, 0.1) is 5.69 Å². The van der Waals surface area contributed by atoms with E-state index >= 15 is 0 Å². The predicted molar refractivity (Wildman–Crippen MR) is 89.6 cm³/mol. The van der Waals surface area contributed by atoms with Crippen LogP contribution in [0.3, 0.4) is 0 Å². The Morgan fingerprint density at radius 2 is 1.83 bits per heavy atom. The summed E-state index contributed by atoms with van der Waals surface area (Å²) in [6.45, 7) is 4.24. The number of carbonyl (C=O) groups excluding carboxylic acids is 1. The molecule has 2 aromatic rings. The molecule has 6 nitrogen and oxygen atoms in total. The number of hydrogen-bond donors (Lipinski definition) is 2. The Hall–Kier alpha value is -2.54. The lowest BCUT2D eigenvalue weighted by Crippen LogP contribution is -2.49. The lowest BCUT2D eigenvalue weighted by Gasteiger charge is -2.26. The first kappa shape index (κ1) is 17.8. The summed E-state index contributed by atoms with van der Waals surface area (Å²) < 4.78 is 14.1. The van der Waals surface area contributed by atoms with Crippen molar-refractivity contribution < 1.29 is 9.18 Å². The fourth-order valence-electron chi connectivity index (χ4n) is 2.15. The van der Waals surface area contributed by atoms with Gasteiger partial charge in [0.25, 0.3) is 11.5 Å².